The van der Waals surface area contributed by atoms with Crippen LogP contribution in [-0.4, -0.2) is 32.4 Å². The molecular weight excluding hydrogens is 228 g/mol. The molecule has 0 saturated carbocycles. The van der Waals surface area contributed by atoms with Crippen LogP contribution in [0.15, 0.2) is 12.3 Å². The van der Waals surface area contributed by atoms with Crippen molar-refractivity contribution in [1.82, 2.24) is 19.9 Å². The summed E-state index contributed by atoms with van der Waals surface area (Å²) in [7, 11) is 0. The highest BCUT2D eigenvalue weighted by molar-refractivity contribution is 5.42. The van der Waals surface area contributed by atoms with E-state index in [0.29, 0.717) is 0 Å². The van der Waals surface area contributed by atoms with Crippen molar-refractivity contribution in [3.05, 3.63) is 29.2 Å². The molecule has 18 heavy (non-hydrogen) atoms. The lowest BCUT2D eigenvalue weighted by Crippen LogP contribution is -2.32. The number of nitrogens with zero attached hydrogens (tertiary/aromatic N) is 3. The number of hydrogen-bond acceptors (Lipinski definition) is 4. The lowest BCUT2D eigenvalue weighted by atomic mass is 10.1. The van der Waals surface area contributed by atoms with E-state index in [0.717, 1.165) is 22.6 Å². The molecule has 0 aliphatic carbocycles. The molecule has 0 aliphatic heterocycles. The molecule has 0 saturated heterocycles. The molecule has 0 fully saturated rings. The van der Waals surface area contributed by atoms with Gasteiger partial charge in [-0.25, -0.2) is 9.50 Å². The quantitative estimate of drug-likeness (QED) is 0.858. The van der Waals surface area contributed by atoms with E-state index in [9.17, 15) is 0 Å². The fraction of sp³-hybridized carbons (Fsp3) is 0.538. The van der Waals surface area contributed by atoms with E-state index in [4.69, 9.17) is 5.11 Å². The highest BCUT2D eigenvalue weighted by Gasteiger charge is 2.14. The van der Waals surface area contributed by atoms with Crippen molar-refractivity contribution in [2.75, 3.05) is 6.61 Å². The van der Waals surface area contributed by atoms with Gasteiger partial charge in [-0.2, -0.15) is 5.10 Å². The first-order valence-electron chi connectivity index (χ1n) is 6.21. The Hall–Kier alpha value is -1.46. The average molecular weight is 248 g/mol. The van der Waals surface area contributed by atoms with Gasteiger partial charge in [0.2, 0.25) is 0 Å². The van der Waals surface area contributed by atoms with Gasteiger partial charge in [0.25, 0.3) is 0 Å². The molecule has 2 unspecified atom stereocenters. The third kappa shape index (κ3) is 2.37. The monoisotopic (exact) mass is 248 g/mol. The molecule has 5 heteroatoms. The highest BCUT2D eigenvalue weighted by Crippen LogP contribution is 2.18. The van der Waals surface area contributed by atoms with Gasteiger partial charge >= 0.3 is 0 Å². The third-order valence-corrected chi connectivity index (χ3v) is 3.16. The number of aryl methyl sites for hydroxylation is 2. The van der Waals surface area contributed by atoms with Crippen molar-refractivity contribution < 1.29 is 5.11 Å². The Morgan fingerprint density at radius 3 is 2.78 bits per heavy atom. The predicted octanol–water partition coefficient (Wildman–Crippen LogP) is 1.38. The molecule has 2 heterocycles. The molecule has 0 spiro atoms. The zero-order valence-corrected chi connectivity index (χ0v) is 11.3. The smallest absolute Gasteiger partial charge is 0.155 e. The second-order valence-electron chi connectivity index (χ2n) is 4.83. The zero-order valence-electron chi connectivity index (χ0n) is 11.3. The van der Waals surface area contributed by atoms with Crippen molar-refractivity contribution in [1.29, 1.82) is 0 Å². The normalized spacial score (nSPS) is 14.9. The molecule has 2 rings (SSSR count). The number of nitrogens with one attached hydrogen (secondary N) is 1. The number of fused-ring (bicyclic) bond motifs is 1. The summed E-state index contributed by atoms with van der Waals surface area (Å²) >= 11 is 0. The highest BCUT2D eigenvalue weighted by atomic mass is 16.3. The van der Waals surface area contributed by atoms with E-state index in [1.165, 1.54) is 0 Å². The van der Waals surface area contributed by atoms with Crippen molar-refractivity contribution in [2.45, 2.75) is 39.8 Å². The number of aliphatic hydroxyl groups is 1. The minimum absolute atomic E-state index is 0.0643. The van der Waals surface area contributed by atoms with Gasteiger partial charge in [0.1, 0.15) is 0 Å². The number of rotatable bonds is 4. The van der Waals surface area contributed by atoms with Crippen molar-refractivity contribution in [3.8, 4) is 0 Å². The minimum Gasteiger partial charge on any atom is -0.395 e. The summed E-state index contributed by atoms with van der Waals surface area (Å²) in [6.45, 7) is 8.15. The van der Waals surface area contributed by atoms with Crippen LogP contribution >= 0.6 is 0 Å². The zero-order chi connectivity index (χ0) is 13.3. The van der Waals surface area contributed by atoms with E-state index in [1.54, 1.807) is 0 Å². The topological polar surface area (TPSA) is 62.5 Å². The van der Waals surface area contributed by atoms with Gasteiger partial charge in [-0.3, -0.25) is 0 Å². The van der Waals surface area contributed by atoms with Gasteiger partial charge in [-0.15, -0.1) is 0 Å². The molecule has 2 atom stereocenters. The Morgan fingerprint density at radius 2 is 2.11 bits per heavy atom. The average Bonchev–Trinajstić information content (AvgIpc) is 2.70. The van der Waals surface area contributed by atoms with Crippen LogP contribution in [0.4, 0.5) is 0 Å². The molecule has 2 N–H and O–H groups in total. The van der Waals surface area contributed by atoms with Gasteiger partial charge in [0.05, 0.1) is 12.3 Å². The summed E-state index contributed by atoms with van der Waals surface area (Å²) in [6, 6.07) is 2.16. The van der Waals surface area contributed by atoms with Crippen LogP contribution in [0, 0.1) is 13.8 Å². The summed E-state index contributed by atoms with van der Waals surface area (Å²) in [5.74, 6) is 0. The Balaban J connectivity index is 2.36. The number of aromatic nitrogens is 3. The summed E-state index contributed by atoms with van der Waals surface area (Å²) in [5, 5.41) is 16.8. The number of hydrogen-bond donors (Lipinski definition) is 2. The van der Waals surface area contributed by atoms with E-state index >= 15 is 0 Å². The molecule has 0 aliphatic rings. The lowest BCUT2D eigenvalue weighted by molar-refractivity contribution is 0.243. The maximum absolute atomic E-state index is 9.08. The van der Waals surface area contributed by atoms with Gasteiger partial charge < -0.3 is 10.4 Å². The molecule has 2 aromatic heterocycles. The SMILES string of the molecule is Cc1cc2ncc(C(C)NC(C)CO)c(C)n2n1. The van der Waals surface area contributed by atoms with Crippen molar-refractivity contribution >= 4 is 5.65 Å². The second kappa shape index (κ2) is 5.04. The van der Waals surface area contributed by atoms with Gasteiger partial charge in [0, 0.05) is 35.6 Å². The van der Waals surface area contributed by atoms with E-state index in [2.05, 4.69) is 22.3 Å². The Morgan fingerprint density at radius 1 is 1.39 bits per heavy atom. The van der Waals surface area contributed by atoms with Crippen LogP contribution in [0.1, 0.15) is 36.8 Å². The van der Waals surface area contributed by atoms with E-state index in [1.807, 2.05) is 37.5 Å². The molecular formula is C13H20N4O. The lowest BCUT2D eigenvalue weighted by Gasteiger charge is -2.20. The molecule has 2 aromatic rings. The maximum atomic E-state index is 9.08. The molecule has 98 valence electrons. The molecule has 0 radical (unpaired) electrons. The van der Waals surface area contributed by atoms with Gasteiger partial charge in [-0.1, -0.05) is 0 Å². The van der Waals surface area contributed by atoms with Crippen LogP contribution in [0.25, 0.3) is 5.65 Å². The first-order valence-corrected chi connectivity index (χ1v) is 6.21. The fourth-order valence-corrected chi connectivity index (χ4v) is 2.17. The second-order valence-corrected chi connectivity index (χ2v) is 4.83. The predicted molar refractivity (Wildman–Crippen MR) is 70.6 cm³/mol. The minimum atomic E-state index is 0.0643. The van der Waals surface area contributed by atoms with Crippen LogP contribution < -0.4 is 5.32 Å². The van der Waals surface area contributed by atoms with Crippen molar-refractivity contribution in [2.24, 2.45) is 0 Å². The van der Waals surface area contributed by atoms with Gasteiger partial charge in [0.15, 0.2) is 5.65 Å². The molecule has 0 bridgehead atoms. The van der Waals surface area contributed by atoms with Crippen LogP contribution in [-0.2, 0) is 0 Å². The summed E-state index contributed by atoms with van der Waals surface area (Å²) in [4.78, 5) is 4.41. The van der Waals surface area contributed by atoms with E-state index in [-0.39, 0.29) is 18.7 Å². The van der Waals surface area contributed by atoms with Crippen LogP contribution in [0.2, 0.25) is 0 Å². The van der Waals surface area contributed by atoms with Crippen molar-refractivity contribution in [3.63, 3.8) is 0 Å². The summed E-state index contributed by atoms with van der Waals surface area (Å²) in [6.07, 6.45) is 1.88. The molecule has 0 aromatic carbocycles. The first kappa shape index (κ1) is 13.0. The molecule has 5 nitrogen and oxygen atoms in total. The summed E-state index contributed by atoms with van der Waals surface area (Å²) in [5.41, 5.74) is 4.02. The van der Waals surface area contributed by atoms with E-state index < -0.39 is 0 Å². The Bertz CT molecular complexity index is 549. The van der Waals surface area contributed by atoms with Gasteiger partial charge in [-0.05, 0) is 27.7 Å². The van der Waals surface area contributed by atoms with Crippen LogP contribution in [0.5, 0.6) is 0 Å². The maximum Gasteiger partial charge on any atom is 0.155 e. The fourth-order valence-electron chi connectivity index (χ4n) is 2.17. The third-order valence-electron chi connectivity index (χ3n) is 3.16. The Labute approximate surface area is 107 Å². The largest absolute Gasteiger partial charge is 0.395 e. The Kier molecular flexibility index (Phi) is 3.63. The first-order chi connectivity index (χ1) is 8.52. The standard InChI is InChI=1S/C13H20N4O/c1-8-5-13-14-6-12(11(4)17(13)16-8)10(3)15-9(2)7-18/h5-6,9-10,15,18H,7H2,1-4H3. The molecule has 0 amide bonds. The van der Waals surface area contributed by atoms with Crippen LogP contribution in [0.3, 0.4) is 0 Å². The number of aliphatic hydroxyl groups excluding tert-OH is 1. The summed E-state index contributed by atoms with van der Waals surface area (Å²) < 4.78 is 1.87.